The van der Waals surface area contributed by atoms with Crippen molar-refractivity contribution in [1.82, 2.24) is 4.90 Å². The van der Waals surface area contributed by atoms with Crippen LogP contribution in [0.1, 0.15) is 34.3 Å². The minimum atomic E-state index is -1.28. The Balaban J connectivity index is 1.79. The van der Waals surface area contributed by atoms with Crippen LogP contribution in [0.15, 0.2) is 12.1 Å². The first-order valence-corrected chi connectivity index (χ1v) is 7.47. The zero-order valence-electron chi connectivity index (χ0n) is 12.2. The van der Waals surface area contributed by atoms with Crippen molar-refractivity contribution in [3.8, 4) is 0 Å². The van der Waals surface area contributed by atoms with Crippen LogP contribution >= 0.6 is 0 Å². The fourth-order valence-electron chi connectivity index (χ4n) is 3.13. The minimum absolute atomic E-state index is 0.0188. The molecule has 1 aromatic rings. The first-order valence-electron chi connectivity index (χ1n) is 7.47. The van der Waals surface area contributed by atoms with Gasteiger partial charge in [-0.05, 0) is 42.5 Å². The lowest BCUT2D eigenvalue weighted by atomic mass is 9.93. The molecule has 2 aliphatic heterocycles. The van der Waals surface area contributed by atoms with E-state index in [1.54, 1.807) is 4.90 Å². The molecule has 5 nitrogen and oxygen atoms in total. The molecule has 118 valence electrons. The Bertz CT molecular complexity index is 610. The number of amides is 1. The molecule has 0 saturated carbocycles. The Kier molecular flexibility index (Phi) is 4.11. The summed E-state index contributed by atoms with van der Waals surface area (Å²) in [6.07, 6.45) is 2.01. The number of fused-ring (bicyclic) bond motifs is 1. The van der Waals surface area contributed by atoms with E-state index in [4.69, 9.17) is 9.84 Å². The molecule has 2 aliphatic rings. The molecule has 1 amide bonds. The Labute approximate surface area is 127 Å². The van der Waals surface area contributed by atoms with Gasteiger partial charge in [0, 0.05) is 32.2 Å². The van der Waals surface area contributed by atoms with Crippen molar-refractivity contribution in [2.45, 2.75) is 25.8 Å². The highest BCUT2D eigenvalue weighted by molar-refractivity contribution is 5.88. The third-order valence-electron chi connectivity index (χ3n) is 4.41. The van der Waals surface area contributed by atoms with Crippen molar-refractivity contribution in [1.29, 1.82) is 0 Å². The average molecular weight is 307 g/mol. The van der Waals surface area contributed by atoms with Crippen LogP contribution in [-0.4, -0.2) is 41.6 Å². The number of ether oxygens (including phenoxy) is 1. The molecule has 0 bridgehead atoms. The number of carboxylic acid groups (broad SMARTS) is 1. The van der Waals surface area contributed by atoms with Crippen LogP contribution in [0.2, 0.25) is 0 Å². The van der Waals surface area contributed by atoms with Gasteiger partial charge >= 0.3 is 5.97 Å². The molecule has 0 aliphatic carbocycles. The summed E-state index contributed by atoms with van der Waals surface area (Å²) in [5.41, 5.74) is 1.18. The highest BCUT2D eigenvalue weighted by Crippen LogP contribution is 2.26. The van der Waals surface area contributed by atoms with E-state index in [0.29, 0.717) is 32.7 Å². The predicted molar refractivity (Wildman–Crippen MR) is 76.0 cm³/mol. The molecular weight excluding hydrogens is 289 g/mol. The van der Waals surface area contributed by atoms with Crippen LogP contribution in [0, 0.1) is 11.7 Å². The number of carboxylic acids is 1. The zero-order valence-corrected chi connectivity index (χ0v) is 12.2. The third-order valence-corrected chi connectivity index (χ3v) is 4.41. The predicted octanol–water partition coefficient (Wildman–Crippen LogP) is 1.84. The van der Waals surface area contributed by atoms with Crippen LogP contribution in [0.5, 0.6) is 0 Å². The first-order chi connectivity index (χ1) is 10.6. The molecule has 0 spiro atoms. The van der Waals surface area contributed by atoms with Crippen molar-refractivity contribution in [3.63, 3.8) is 0 Å². The molecule has 1 fully saturated rings. The van der Waals surface area contributed by atoms with Gasteiger partial charge in [-0.1, -0.05) is 0 Å². The van der Waals surface area contributed by atoms with E-state index < -0.39 is 11.8 Å². The molecule has 6 heteroatoms. The molecule has 1 N–H and O–H groups in total. The summed E-state index contributed by atoms with van der Waals surface area (Å²) in [6.45, 7) is 2.12. The summed E-state index contributed by atoms with van der Waals surface area (Å²) in [6, 6.07) is 2.64. The Hall–Kier alpha value is -1.95. The highest BCUT2D eigenvalue weighted by Gasteiger charge is 2.29. The van der Waals surface area contributed by atoms with Crippen molar-refractivity contribution in [3.05, 3.63) is 34.6 Å². The lowest BCUT2D eigenvalue weighted by Gasteiger charge is -2.33. The first kappa shape index (κ1) is 15.0. The smallest absolute Gasteiger partial charge is 0.338 e. The van der Waals surface area contributed by atoms with Crippen LogP contribution in [-0.2, 0) is 22.5 Å². The van der Waals surface area contributed by atoms with Gasteiger partial charge in [-0.25, -0.2) is 9.18 Å². The fraction of sp³-hybridized carbons (Fsp3) is 0.500. The molecule has 0 atom stereocenters. The number of halogens is 1. The number of hydrogen-bond donors (Lipinski definition) is 1. The molecular formula is C16H18FNO4. The Morgan fingerprint density at radius 1 is 1.23 bits per heavy atom. The number of carbonyl (C=O) groups excluding carboxylic acids is 1. The monoisotopic (exact) mass is 307 g/mol. The zero-order chi connectivity index (χ0) is 15.7. The van der Waals surface area contributed by atoms with Crippen molar-refractivity contribution in [2.24, 2.45) is 5.92 Å². The molecule has 2 heterocycles. The van der Waals surface area contributed by atoms with Gasteiger partial charge in [0.2, 0.25) is 5.91 Å². The Morgan fingerprint density at radius 2 is 1.95 bits per heavy atom. The molecule has 0 aromatic heterocycles. The van der Waals surface area contributed by atoms with E-state index in [-0.39, 0.29) is 17.4 Å². The Morgan fingerprint density at radius 3 is 2.64 bits per heavy atom. The van der Waals surface area contributed by atoms with Gasteiger partial charge in [0.15, 0.2) is 0 Å². The number of benzene rings is 1. The van der Waals surface area contributed by atoms with Crippen LogP contribution in [0.25, 0.3) is 0 Å². The fourth-order valence-corrected chi connectivity index (χ4v) is 3.13. The quantitative estimate of drug-likeness (QED) is 0.905. The van der Waals surface area contributed by atoms with Crippen molar-refractivity contribution in [2.75, 3.05) is 19.8 Å². The topological polar surface area (TPSA) is 66.8 Å². The summed E-state index contributed by atoms with van der Waals surface area (Å²) < 4.78 is 19.0. The van der Waals surface area contributed by atoms with E-state index in [1.807, 2.05) is 0 Å². The summed E-state index contributed by atoms with van der Waals surface area (Å²) in [5, 5.41) is 9.01. The molecule has 1 saturated heterocycles. The van der Waals surface area contributed by atoms with E-state index in [1.165, 1.54) is 12.1 Å². The molecule has 22 heavy (non-hydrogen) atoms. The summed E-state index contributed by atoms with van der Waals surface area (Å²) in [5.74, 6) is -1.92. The molecule has 3 rings (SSSR count). The number of aromatic carboxylic acids is 1. The maximum absolute atomic E-state index is 13.7. The maximum Gasteiger partial charge on any atom is 0.338 e. The normalized spacial score (nSPS) is 18.9. The SMILES string of the molecule is O=C(O)c1cc2c(cc1F)CCN(C(=O)C1CCOCC1)C2. The molecule has 0 unspecified atom stereocenters. The van der Waals surface area contributed by atoms with E-state index in [0.717, 1.165) is 24.0 Å². The van der Waals surface area contributed by atoms with Gasteiger partial charge in [-0.2, -0.15) is 0 Å². The van der Waals surface area contributed by atoms with Crippen molar-refractivity contribution >= 4 is 11.9 Å². The van der Waals surface area contributed by atoms with Crippen LogP contribution < -0.4 is 0 Å². The number of nitrogens with zero attached hydrogens (tertiary/aromatic N) is 1. The largest absolute Gasteiger partial charge is 0.478 e. The van der Waals surface area contributed by atoms with Gasteiger partial charge in [0.1, 0.15) is 5.82 Å². The van der Waals surface area contributed by atoms with E-state index in [9.17, 15) is 14.0 Å². The van der Waals surface area contributed by atoms with E-state index >= 15 is 0 Å². The lowest BCUT2D eigenvalue weighted by Crippen LogP contribution is -2.41. The second-order valence-corrected chi connectivity index (χ2v) is 5.80. The number of hydrogen-bond acceptors (Lipinski definition) is 3. The standard InChI is InChI=1S/C16H18FNO4/c17-14-8-11-1-4-18(9-12(11)7-13(14)16(20)21)15(19)10-2-5-22-6-3-10/h7-8,10H,1-6,9H2,(H,20,21). The number of rotatable bonds is 2. The van der Waals surface area contributed by atoms with Gasteiger partial charge in [0.05, 0.1) is 5.56 Å². The minimum Gasteiger partial charge on any atom is -0.478 e. The third kappa shape index (κ3) is 2.83. The van der Waals surface area contributed by atoms with Gasteiger partial charge in [-0.15, -0.1) is 0 Å². The van der Waals surface area contributed by atoms with Crippen molar-refractivity contribution < 1.29 is 23.8 Å². The lowest BCUT2D eigenvalue weighted by molar-refractivity contribution is -0.139. The second kappa shape index (κ2) is 6.04. The van der Waals surface area contributed by atoms with Crippen LogP contribution in [0.4, 0.5) is 4.39 Å². The number of carbonyl (C=O) groups is 2. The summed E-state index contributed by atoms with van der Waals surface area (Å²) in [4.78, 5) is 25.3. The second-order valence-electron chi connectivity index (χ2n) is 5.80. The van der Waals surface area contributed by atoms with E-state index in [2.05, 4.69) is 0 Å². The maximum atomic E-state index is 13.7. The van der Waals surface area contributed by atoms with Gasteiger partial charge in [0.25, 0.3) is 0 Å². The average Bonchev–Trinajstić information content (AvgIpc) is 2.53. The van der Waals surface area contributed by atoms with Gasteiger partial charge in [-0.3, -0.25) is 4.79 Å². The summed E-state index contributed by atoms with van der Waals surface area (Å²) in [7, 11) is 0. The summed E-state index contributed by atoms with van der Waals surface area (Å²) >= 11 is 0. The molecule has 1 aromatic carbocycles. The molecule has 0 radical (unpaired) electrons. The van der Waals surface area contributed by atoms with Crippen LogP contribution in [0.3, 0.4) is 0 Å². The highest BCUT2D eigenvalue weighted by atomic mass is 19.1. The van der Waals surface area contributed by atoms with Gasteiger partial charge < -0.3 is 14.7 Å².